The molecule has 1 aliphatic rings. The molecule has 1 N–H and O–H groups in total. The van der Waals surface area contributed by atoms with Crippen molar-refractivity contribution < 1.29 is 14.6 Å². The molecule has 1 saturated heterocycles. The minimum absolute atomic E-state index is 0.0463. The smallest absolute Gasteiger partial charge is 0.185 e. The number of piperidine rings is 1. The second-order valence-corrected chi connectivity index (χ2v) is 8.42. The third kappa shape index (κ3) is 5.47. The Morgan fingerprint density at radius 1 is 1.06 bits per heavy atom. The summed E-state index contributed by atoms with van der Waals surface area (Å²) in [5, 5.41) is 11.8. The van der Waals surface area contributed by atoms with Gasteiger partial charge < -0.3 is 19.3 Å². The van der Waals surface area contributed by atoms with Crippen LogP contribution in [0.4, 0.5) is 0 Å². The van der Waals surface area contributed by atoms with Crippen LogP contribution < -0.4 is 4.74 Å². The average molecular weight is 433 g/mol. The van der Waals surface area contributed by atoms with E-state index in [2.05, 4.69) is 21.6 Å². The van der Waals surface area contributed by atoms with Crippen LogP contribution in [0.25, 0.3) is 17.0 Å². The monoisotopic (exact) mass is 432 g/mol. The zero-order valence-corrected chi connectivity index (χ0v) is 18.7. The Morgan fingerprint density at radius 3 is 2.56 bits per heavy atom. The second kappa shape index (κ2) is 10.6. The normalized spacial score (nSPS) is 15.9. The highest BCUT2D eigenvalue weighted by Crippen LogP contribution is 2.24. The summed E-state index contributed by atoms with van der Waals surface area (Å²) in [5.74, 6) is 0.717. The van der Waals surface area contributed by atoms with Crippen molar-refractivity contribution in [3.8, 4) is 5.75 Å². The lowest BCUT2D eigenvalue weighted by molar-refractivity contribution is 0.0892. The molecule has 0 saturated carbocycles. The molecule has 0 bridgehead atoms. The summed E-state index contributed by atoms with van der Waals surface area (Å²) in [6.07, 6.45) is 8.82. The molecule has 32 heavy (non-hydrogen) atoms. The molecule has 2 aromatic carbocycles. The van der Waals surface area contributed by atoms with E-state index in [-0.39, 0.29) is 5.78 Å². The molecule has 0 spiro atoms. The molecule has 1 aliphatic heterocycles. The van der Waals surface area contributed by atoms with Crippen molar-refractivity contribution in [3.63, 3.8) is 0 Å². The van der Waals surface area contributed by atoms with Crippen molar-refractivity contribution in [1.29, 1.82) is 0 Å². The van der Waals surface area contributed by atoms with Crippen LogP contribution in [0.15, 0.2) is 60.8 Å². The van der Waals surface area contributed by atoms with E-state index < -0.39 is 6.10 Å². The van der Waals surface area contributed by atoms with E-state index in [4.69, 9.17) is 4.74 Å². The van der Waals surface area contributed by atoms with Crippen LogP contribution in [0.5, 0.6) is 5.75 Å². The first-order chi connectivity index (χ1) is 15.6. The molecule has 5 heteroatoms. The highest BCUT2D eigenvalue weighted by atomic mass is 16.5. The SMILES string of the molecule is CCOc1ccc(C(=O)/C=C/c2cn(CC(O)CN3CCCCC3)c3ccccc23)cc1. The molecule has 3 aromatic rings. The molecule has 1 atom stereocenters. The maximum Gasteiger partial charge on any atom is 0.185 e. The lowest BCUT2D eigenvalue weighted by Crippen LogP contribution is -2.37. The Labute approximate surface area is 189 Å². The summed E-state index contributed by atoms with van der Waals surface area (Å²) in [5.41, 5.74) is 2.67. The maximum absolute atomic E-state index is 12.6. The summed E-state index contributed by atoms with van der Waals surface area (Å²) in [4.78, 5) is 15.0. The summed E-state index contributed by atoms with van der Waals surface area (Å²) in [6, 6.07) is 15.4. The van der Waals surface area contributed by atoms with Gasteiger partial charge in [-0.15, -0.1) is 0 Å². The topological polar surface area (TPSA) is 54.7 Å². The van der Waals surface area contributed by atoms with Crippen LogP contribution in [0.1, 0.15) is 42.1 Å². The van der Waals surface area contributed by atoms with Crippen molar-refractivity contribution in [2.45, 2.75) is 38.8 Å². The van der Waals surface area contributed by atoms with Crippen LogP contribution >= 0.6 is 0 Å². The number of likely N-dealkylation sites (tertiary alicyclic amines) is 1. The van der Waals surface area contributed by atoms with Gasteiger partial charge in [-0.2, -0.15) is 0 Å². The summed E-state index contributed by atoms with van der Waals surface area (Å²) < 4.78 is 7.55. The Morgan fingerprint density at radius 2 is 1.81 bits per heavy atom. The van der Waals surface area contributed by atoms with Crippen LogP contribution in [-0.2, 0) is 6.54 Å². The number of carbonyl (C=O) groups excluding carboxylic acids is 1. The fourth-order valence-corrected chi connectivity index (χ4v) is 4.43. The number of hydrogen-bond donors (Lipinski definition) is 1. The Balaban J connectivity index is 1.48. The molecule has 1 aromatic heterocycles. The Hall–Kier alpha value is -2.89. The molecular formula is C27H32N2O3. The van der Waals surface area contributed by atoms with Crippen LogP contribution in [0.3, 0.4) is 0 Å². The fraction of sp³-hybridized carbons (Fsp3) is 0.370. The van der Waals surface area contributed by atoms with Crippen molar-refractivity contribution in [3.05, 3.63) is 71.9 Å². The highest BCUT2D eigenvalue weighted by molar-refractivity contribution is 6.07. The van der Waals surface area contributed by atoms with Gasteiger partial charge in [0.2, 0.25) is 0 Å². The predicted molar refractivity (Wildman–Crippen MR) is 129 cm³/mol. The lowest BCUT2D eigenvalue weighted by Gasteiger charge is -2.28. The molecule has 5 nitrogen and oxygen atoms in total. The summed E-state index contributed by atoms with van der Waals surface area (Å²) in [7, 11) is 0. The largest absolute Gasteiger partial charge is 0.494 e. The number of aliphatic hydroxyl groups is 1. The van der Waals surface area contributed by atoms with E-state index in [1.54, 1.807) is 18.2 Å². The lowest BCUT2D eigenvalue weighted by atomic mass is 10.1. The van der Waals surface area contributed by atoms with Gasteiger partial charge in [0.1, 0.15) is 5.75 Å². The minimum Gasteiger partial charge on any atom is -0.494 e. The molecule has 2 heterocycles. The van der Waals surface area contributed by atoms with Crippen molar-refractivity contribution in [2.75, 3.05) is 26.2 Å². The number of allylic oxidation sites excluding steroid dienone is 1. The van der Waals surface area contributed by atoms with Gasteiger partial charge in [-0.25, -0.2) is 0 Å². The van der Waals surface area contributed by atoms with Crippen LogP contribution in [-0.4, -0.2) is 52.7 Å². The molecule has 168 valence electrons. The molecule has 0 amide bonds. The van der Waals surface area contributed by atoms with Gasteiger partial charge in [-0.05, 0) is 75.3 Å². The zero-order chi connectivity index (χ0) is 22.3. The summed E-state index contributed by atoms with van der Waals surface area (Å²) in [6.45, 7) is 5.93. The molecule has 4 rings (SSSR count). The van der Waals surface area contributed by atoms with Gasteiger partial charge in [0.15, 0.2) is 5.78 Å². The van der Waals surface area contributed by atoms with Gasteiger partial charge in [0, 0.05) is 41.3 Å². The first-order valence-electron chi connectivity index (χ1n) is 11.6. The number of ether oxygens (including phenoxy) is 1. The van der Waals surface area contributed by atoms with Gasteiger partial charge >= 0.3 is 0 Å². The van der Waals surface area contributed by atoms with Crippen LogP contribution in [0, 0.1) is 0 Å². The van der Waals surface area contributed by atoms with E-state index in [0.717, 1.165) is 35.3 Å². The van der Waals surface area contributed by atoms with Crippen molar-refractivity contribution >= 4 is 22.8 Å². The molecule has 1 unspecified atom stereocenters. The highest BCUT2D eigenvalue weighted by Gasteiger charge is 2.16. The maximum atomic E-state index is 12.6. The Kier molecular flexibility index (Phi) is 7.40. The van der Waals surface area contributed by atoms with Gasteiger partial charge in [-0.1, -0.05) is 24.6 Å². The quantitative estimate of drug-likeness (QED) is 0.390. The first kappa shape index (κ1) is 22.3. The minimum atomic E-state index is -0.425. The molecule has 0 aliphatic carbocycles. The van der Waals surface area contributed by atoms with E-state index in [9.17, 15) is 9.90 Å². The number of benzene rings is 2. The number of rotatable bonds is 9. The standard InChI is InChI=1S/C27H32N2O3/c1-2-32-24-13-10-21(11-14-24)27(31)15-12-22-18-29(26-9-5-4-8-25(22)26)20-23(30)19-28-16-6-3-7-17-28/h4-5,8-15,18,23,30H,2-3,6-7,16-17,19-20H2,1H3/b15-12+. The number of carbonyl (C=O) groups is 1. The first-order valence-corrected chi connectivity index (χ1v) is 11.6. The summed E-state index contributed by atoms with van der Waals surface area (Å²) >= 11 is 0. The molecular weight excluding hydrogens is 400 g/mol. The molecule has 1 fully saturated rings. The van der Waals surface area contributed by atoms with Gasteiger partial charge in [-0.3, -0.25) is 4.79 Å². The number of nitrogens with zero attached hydrogens (tertiary/aromatic N) is 2. The number of para-hydroxylation sites is 1. The van der Waals surface area contributed by atoms with Gasteiger partial charge in [0.25, 0.3) is 0 Å². The third-order valence-electron chi connectivity index (χ3n) is 6.01. The molecule has 0 radical (unpaired) electrons. The van der Waals surface area contributed by atoms with Crippen molar-refractivity contribution in [2.24, 2.45) is 0 Å². The number of β-amino-alcohol motifs (C(OH)–C–C–N with tert-alkyl or cyclic N) is 1. The zero-order valence-electron chi connectivity index (χ0n) is 18.7. The number of hydrogen-bond acceptors (Lipinski definition) is 4. The fourth-order valence-electron chi connectivity index (χ4n) is 4.43. The van der Waals surface area contributed by atoms with Gasteiger partial charge in [0.05, 0.1) is 12.7 Å². The number of ketones is 1. The average Bonchev–Trinajstić information content (AvgIpc) is 3.16. The van der Waals surface area contributed by atoms with Crippen molar-refractivity contribution in [1.82, 2.24) is 9.47 Å². The number of aromatic nitrogens is 1. The third-order valence-corrected chi connectivity index (χ3v) is 6.01. The van der Waals surface area contributed by atoms with E-state index >= 15 is 0 Å². The van der Waals surface area contributed by atoms with E-state index in [1.165, 1.54) is 19.3 Å². The van der Waals surface area contributed by atoms with Crippen LogP contribution in [0.2, 0.25) is 0 Å². The van der Waals surface area contributed by atoms with E-state index in [1.807, 2.05) is 43.5 Å². The second-order valence-electron chi connectivity index (χ2n) is 8.42. The predicted octanol–water partition coefficient (Wildman–Crippen LogP) is 4.78. The number of fused-ring (bicyclic) bond motifs is 1. The number of aliphatic hydroxyl groups excluding tert-OH is 1. The Bertz CT molecular complexity index is 1060. The van der Waals surface area contributed by atoms with E-state index in [0.29, 0.717) is 25.3 Å².